The Hall–Kier alpha value is -2.68. The van der Waals surface area contributed by atoms with Crippen LogP contribution in [0.3, 0.4) is 0 Å². The zero-order chi connectivity index (χ0) is 18.7. The number of hydrogen-bond donors (Lipinski definition) is 1. The standard InChI is InChI=1S/C17H15F3N4OS/c1-3-25-12-4-5-13(21-8-12)14-9-26-16(23-14)24-15-10(2)6-11(7-22-15)17(18,19)20/h4-9H,3H2,1-2H3,(H,22,23,24). The van der Waals surface area contributed by atoms with Crippen molar-refractivity contribution in [1.82, 2.24) is 15.0 Å². The van der Waals surface area contributed by atoms with Crippen LogP contribution in [-0.2, 0) is 6.18 Å². The molecule has 26 heavy (non-hydrogen) atoms. The van der Waals surface area contributed by atoms with E-state index in [9.17, 15) is 13.2 Å². The van der Waals surface area contributed by atoms with Gasteiger partial charge in [-0.3, -0.25) is 4.98 Å². The number of ether oxygens (including phenoxy) is 1. The maximum Gasteiger partial charge on any atom is 0.417 e. The first-order valence-corrected chi connectivity index (χ1v) is 8.60. The van der Waals surface area contributed by atoms with Gasteiger partial charge in [0.1, 0.15) is 17.3 Å². The minimum absolute atomic E-state index is 0.332. The van der Waals surface area contributed by atoms with E-state index in [1.54, 1.807) is 25.3 Å². The Morgan fingerprint density at radius 1 is 1.15 bits per heavy atom. The molecule has 3 aromatic rings. The van der Waals surface area contributed by atoms with Gasteiger partial charge >= 0.3 is 6.18 Å². The number of thiazole rings is 1. The predicted octanol–water partition coefficient (Wildman–Crippen LogP) is 5.07. The fraction of sp³-hybridized carbons (Fsp3) is 0.235. The number of rotatable bonds is 5. The fourth-order valence-corrected chi connectivity index (χ4v) is 2.90. The molecule has 3 aromatic heterocycles. The van der Waals surface area contributed by atoms with E-state index in [4.69, 9.17) is 4.74 Å². The smallest absolute Gasteiger partial charge is 0.417 e. The Balaban J connectivity index is 1.76. The highest BCUT2D eigenvalue weighted by Crippen LogP contribution is 2.32. The molecule has 0 bridgehead atoms. The van der Waals surface area contributed by atoms with Gasteiger partial charge < -0.3 is 10.1 Å². The monoisotopic (exact) mass is 380 g/mol. The minimum atomic E-state index is -4.41. The van der Waals surface area contributed by atoms with Crippen LogP contribution in [0.15, 0.2) is 36.0 Å². The lowest BCUT2D eigenvalue weighted by Crippen LogP contribution is -2.07. The summed E-state index contributed by atoms with van der Waals surface area (Å²) in [5.74, 6) is 1.01. The first-order valence-electron chi connectivity index (χ1n) is 7.72. The van der Waals surface area contributed by atoms with Crippen molar-refractivity contribution in [1.29, 1.82) is 0 Å². The maximum atomic E-state index is 12.7. The highest BCUT2D eigenvalue weighted by molar-refractivity contribution is 7.14. The van der Waals surface area contributed by atoms with E-state index in [0.29, 0.717) is 40.3 Å². The number of alkyl halides is 3. The number of aryl methyl sites for hydroxylation is 1. The predicted molar refractivity (Wildman–Crippen MR) is 93.8 cm³/mol. The van der Waals surface area contributed by atoms with Crippen LogP contribution in [0.2, 0.25) is 0 Å². The zero-order valence-corrected chi connectivity index (χ0v) is 14.8. The van der Waals surface area contributed by atoms with Crippen molar-refractivity contribution in [2.24, 2.45) is 0 Å². The van der Waals surface area contributed by atoms with Gasteiger partial charge in [0.15, 0.2) is 5.13 Å². The molecule has 0 atom stereocenters. The SMILES string of the molecule is CCOc1ccc(-c2csc(Nc3ncc(C(F)(F)F)cc3C)n2)nc1. The van der Waals surface area contributed by atoms with Crippen LogP contribution >= 0.6 is 11.3 Å². The summed E-state index contributed by atoms with van der Waals surface area (Å²) in [5.41, 5.74) is 0.940. The molecule has 9 heteroatoms. The second kappa shape index (κ2) is 7.28. The van der Waals surface area contributed by atoms with Crippen LogP contribution in [0.1, 0.15) is 18.1 Å². The number of nitrogens with one attached hydrogen (secondary N) is 1. The van der Waals surface area contributed by atoms with Crippen LogP contribution in [0.4, 0.5) is 24.1 Å². The van der Waals surface area contributed by atoms with E-state index >= 15 is 0 Å². The van der Waals surface area contributed by atoms with Gasteiger partial charge in [-0.2, -0.15) is 13.2 Å². The Kier molecular flexibility index (Phi) is 5.08. The zero-order valence-electron chi connectivity index (χ0n) is 14.0. The number of nitrogens with zero attached hydrogens (tertiary/aromatic N) is 3. The van der Waals surface area contributed by atoms with E-state index < -0.39 is 11.7 Å². The molecule has 5 nitrogen and oxygen atoms in total. The molecule has 0 amide bonds. The maximum absolute atomic E-state index is 12.7. The average molecular weight is 380 g/mol. The third kappa shape index (κ3) is 4.10. The normalized spacial score (nSPS) is 11.4. The molecule has 0 saturated heterocycles. The van der Waals surface area contributed by atoms with Crippen molar-refractivity contribution >= 4 is 22.3 Å². The molecule has 0 unspecified atom stereocenters. The Labute approximate surface area is 151 Å². The molecule has 0 spiro atoms. The van der Waals surface area contributed by atoms with E-state index in [2.05, 4.69) is 20.3 Å². The first-order chi connectivity index (χ1) is 12.4. The van der Waals surface area contributed by atoms with Crippen molar-refractivity contribution < 1.29 is 17.9 Å². The molecular weight excluding hydrogens is 365 g/mol. The number of aromatic nitrogens is 3. The van der Waals surface area contributed by atoms with Crippen LogP contribution in [0.5, 0.6) is 5.75 Å². The lowest BCUT2D eigenvalue weighted by Gasteiger charge is -2.10. The van der Waals surface area contributed by atoms with Gasteiger partial charge in [0.25, 0.3) is 0 Å². The Morgan fingerprint density at radius 2 is 1.96 bits per heavy atom. The first kappa shape index (κ1) is 18.1. The van der Waals surface area contributed by atoms with Gasteiger partial charge in [-0.05, 0) is 37.6 Å². The van der Waals surface area contributed by atoms with Crippen molar-refractivity contribution in [3.8, 4) is 17.1 Å². The van der Waals surface area contributed by atoms with Crippen LogP contribution in [-0.4, -0.2) is 21.6 Å². The Morgan fingerprint density at radius 3 is 2.58 bits per heavy atom. The van der Waals surface area contributed by atoms with Crippen molar-refractivity contribution in [2.75, 3.05) is 11.9 Å². The summed E-state index contributed by atoms with van der Waals surface area (Å²) in [6.07, 6.45) is -1.99. The summed E-state index contributed by atoms with van der Waals surface area (Å²) < 4.78 is 43.5. The summed E-state index contributed by atoms with van der Waals surface area (Å²) in [4.78, 5) is 12.6. The molecule has 0 aliphatic heterocycles. The average Bonchev–Trinajstić information content (AvgIpc) is 3.05. The summed E-state index contributed by atoms with van der Waals surface area (Å²) >= 11 is 1.32. The van der Waals surface area contributed by atoms with Crippen LogP contribution in [0.25, 0.3) is 11.4 Å². The summed E-state index contributed by atoms with van der Waals surface area (Å²) in [7, 11) is 0. The van der Waals surface area contributed by atoms with E-state index in [1.807, 2.05) is 12.3 Å². The molecule has 0 saturated carbocycles. The molecule has 0 fully saturated rings. The molecule has 0 aliphatic carbocycles. The lowest BCUT2D eigenvalue weighted by atomic mass is 10.2. The summed E-state index contributed by atoms with van der Waals surface area (Å²) in [5, 5.41) is 5.28. The van der Waals surface area contributed by atoms with Crippen molar-refractivity contribution in [2.45, 2.75) is 20.0 Å². The topological polar surface area (TPSA) is 59.9 Å². The van der Waals surface area contributed by atoms with E-state index in [1.165, 1.54) is 11.3 Å². The summed E-state index contributed by atoms with van der Waals surface area (Å²) in [6, 6.07) is 4.66. The highest BCUT2D eigenvalue weighted by Gasteiger charge is 2.31. The van der Waals surface area contributed by atoms with Gasteiger partial charge in [0, 0.05) is 11.6 Å². The molecular formula is C17H15F3N4OS. The quantitative estimate of drug-likeness (QED) is 0.670. The van der Waals surface area contributed by atoms with Crippen molar-refractivity contribution in [3.05, 3.63) is 47.1 Å². The molecule has 3 rings (SSSR count). The third-order valence-corrected chi connectivity index (χ3v) is 4.20. The fourth-order valence-electron chi connectivity index (χ4n) is 2.19. The molecule has 0 aliphatic rings. The molecule has 1 N–H and O–H groups in total. The van der Waals surface area contributed by atoms with Gasteiger partial charge in [-0.15, -0.1) is 11.3 Å². The second-order valence-corrected chi connectivity index (χ2v) is 6.22. The highest BCUT2D eigenvalue weighted by atomic mass is 32.1. The molecule has 3 heterocycles. The minimum Gasteiger partial charge on any atom is -0.492 e. The third-order valence-electron chi connectivity index (χ3n) is 3.44. The lowest BCUT2D eigenvalue weighted by molar-refractivity contribution is -0.137. The number of pyridine rings is 2. The molecule has 0 radical (unpaired) electrons. The van der Waals surface area contributed by atoms with Gasteiger partial charge in [0.05, 0.1) is 24.1 Å². The van der Waals surface area contributed by atoms with Gasteiger partial charge in [0.2, 0.25) is 0 Å². The molecule has 0 aromatic carbocycles. The summed E-state index contributed by atoms with van der Waals surface area (Å²) in [6.45, 7) is 4.02. The molecule has 136 valence electrons. The van der Waals surface area contributed by atoms with Gasteiger partial charge in [-0.1, -0.05) is 0 Å². The number of hydrogen-bond acceptors (Lipinski definition) is 6. The number of halogens is 3. The van der Waals surface area contributed by atoms with Gasteiger partial charge in [-0.25, -0.2) is 9.97 Å². The van der Waals surface area contributed by atoms with Crippen LogP contribution < -0.4 is 10.1 Å². The Bertz CT molecular complexity index is 894. The largest absolute Gasteiger partial charge is 0.492 e. The van der Waals surface area contributed by atoms with E-state index in [0.717, 1.165) is 12.3 Å². The van der Waals surface area contributed by atoms with E-state index in [-0.39, 0.29) is 0 Å². The second-order valence-electron chi connectivity index (χ2n) is 5.36. The number of anilines is 2. The van der Waals surface area contributed by atoms with Crippen LogP contribution in [0, 0.1) is 6.92 Å². The van der Waals surface area contributed by atoms with Crippen molar-refractivity contribution in [3.63, 3.8) is 0 Å².